The molecule has 4 atom stereocenters. The van der Waals surface area contributed by atoms with Gasteiger partial charge in [0.15, 0.2) is 0 Å². The van der Waals surface area contributed by atoms with Gasteiger partial charge in [-0.05, 0) is 19.3 Å². The first-order valence-corrected chi connectivity index (χ1v) is 18.4. The van der Waals surface area contributed by atoms with Crippen LogP contribution in [0.3, 0.4) is 0 Å². The Hall–Kier alpha value is -0.740. The van der Waals surface area contributed by atoms with E-state index in [2.05, 4.69) is 13.8 Å². The molecule has 0 aliphatic carbocycles. The molecule has 41 heavy (non-hydrogen) atoms. The van der Waals surface area contributed by atoms with Gasteiger partial charge in [0.1, 0.15) is 12.6 Å². The molecular weight excluding hydrogens is 508 g/mol. The first-order chi connectivity index (χ1) is 20.1. The Bertz CT molecular complexity index is 537. The van der Waals surface area contributed by atoms with Crippen molar-refractivity contribution in [1.82, 2.24) is 0 Å². The van der Waals surface area contributed by atoms with Crippen molar-refractivity contribution in [3.05, 3.63) is 0 Å². The summed E-state index contributed by atoms with van der Waals surface area (Å²) in [5.74, 6) is -0.780. The van der Waals surface area contributed by atoms with Crippen LogP contribution in [0.2, 0.25) is 0 Å². The minimum absolute atomic E-state index is 0.240. The van der Waals surface area contributed by atoms with Gasteiger partial charge in [-0.15, -0.1) is 0 Å². The van der Waals surface area contributed by atoms with E-state index >= 15 is 0 Å². The summed E-state index contributed by atoms with van der Waals surface area (Å²) in [6, 6.07) is 0. The van der Waals surface area contributed by atoms with Crippen LogP contribution in [0.15, 0.2) is 0 Å². The van der Waals surface area contributed by atoms with Gasteiger partial charge in [-0.2, -0.15) is 0 Å². The fourth-order valence-electron chi connectivity index (χ4n) is 6.12. The highest BCUT2D eigenvalue weighted by Gasteiger charge is 2.27. The molecule has 4 nitrogen and oxygen atoms in total. The Labute approximate surface area is 256 Å². The van der Waals surface area contributed by atoms with Gasteiger partial charge < -0.3 is 19.8 Å². The topological polar surface area (TPSA) is 74.6 Å². The van der Waals surface area contributed by atoms with E-state index in [1.165, 1.54) is 141 Å². The van der Waals surface area contributed by atoms with Crippen molar-refractivity contribution in [1.29, 1.82) is 0 Å². The normalized spacial score (nSPS) is 14.5. The van der Waals surface area contributed by atoms with E-state index in [0.29, 0.717) is 6.42 Å². The lowest BCUT2D eigenvalue weighted by Crippen LogP contribution is -2.36. The third-order valence-corrected chi connectivity index (χ3v) is 9.06. The van der Waals surface area contributed by atoms with Crippen molar-refractivity contribution < 1.29 is 19.8 Å². The van der Waals surface area contributed by atoms with Crippen molar-refractivity contribution in [2.45, 2.75) is 212 Å². The van der Waals surface area contributed by atoms with Crippen LogP contribution in [0.5, 0.6) is 0 Å². The summed E-state index contributed by atoms with van der Waals surface area (Å²) in [7, 11) is 0. The maximum Gasteiger partial charge on any atom is 0.125 e. The second-order valence-electron chi connectivity index (χ2n) is 13.1. The first kappa shape index (κ1) is 40.3. The maximum absolute atomic E-state index is 11.6. The molecule has 0 saturated carbocycles. The van der Waals surface area contributed by atoms with E-state index in [0.717, 1.165) is 44.7 Å². The fourth-order valence-corrected chi connectivity index (χ4v) is 6.12. The summed E-state index contributed by atoms with van der Waals surface area (Å²) in [5, 5.41) is 21.2. The molecule has 0 radical (unpaired) electrons. The van der Waals surface area contributed by atoms with E-state index < -0.39 is 18.1 Å². The molecule has 0 aliphatic heterocycles. The molecule has 0 aliphatic rings. The number of aliphatic hydroxyl groups is 2. The predicted molar refractivity (Wildman–Crippen MR) is 176 cm³/mol. The van der Waals surface area contributed by atoms with Crippen LogP contribution < -0.4 is 0 Å². The molecule has 0 aromatic carbocycles. The minimum Gasteiger partial charge on any atom is -0.390 e. The van der Waals surface area contributed by atoms with Crippen LogP contribution >= 0.6 is 0 Å². The highest BCUT2D eigenvalue weighted by molar-refractivity contribution is 5.55. The predicted octanol–water partition coefficient (Wildman–Crippen LogP) is 10.7. The Morgan fingerprint density at radius 3 is 1.07 bits per heavy atom. The molecule has 0 amide bonds. The number of hydrogen-bond donors (Lipinski definition) is 2. The smallest absolute Gasteiger partial charge is 0.125 e. The number of unbranched alkanes of at least 4 members (excludes halogenated alkanes) is 24. The van der Waals surface area contributed by atoms with Crippen LogP contribution in [0.1, 0.15) is 200 Å². The SMILES string of the molecule is CCCCCCCCCCCCCCCC(C=O)CC(O)C(O)C(C=O)CCCCCCCCCCCCCCC. The van der Waals surface area contributed by atoms with E-state index in [1.807, 2.05) is 0 Å². The average molecular weight is 581 g/mol. The average Bonchev–Trinajstić information content (AvgIpc) is 2.98. The van der Waals surface area contributed by atoms with Gasteiger partial charge in [-0.25, -0.2) is 0 Å². The molecule has 4 heteroatoms. The number of hydrogen-bond acceptors (Lipinski definition) is 4. The zero-order valence-electron chi connectivity index (χ0n) is 27.7. The molecule has 2 N–H and O–H groups in total. The number of carbonyl (C=O) groups excluding carboxylic acids is 2. The van der Waals surface area contributed by atoms with Crippen LogP contribution in [0, 0.1) is 11.8 Å². The van der Waals surface area contributed by atoms with Crippen molar-refractivity contribution in [2.24, 2.45) is 11.8 Å². The Kier molecular flexibility index (Phi) is 31.6. The summed E-state index contributed by atoms with van der Waals surface area (Å²) < 4.78 is 0. The van der Waals surface area contributed by atoms with Crippen molar-refractivity contribution in [2.75, 3.05) is 0 Å². The summed E-state index contributed by atoms with van der Waals surface area (Å²) in [5.41, 5.74) is 0. The largest absolute Gasteiger partial charge is 0.390 e. The Morgan fingerprint density at radius 2 is 0.756 bits per heavy atom. The number of rotatable bonds is 34. The highest BCUT2D eigenvalue weighted by atomic mass is 16.3. The third kappa shape index (κ3) is 26.6. The van der Waals surface area contributed by atoms with Crippen LogP contribution in [0.25, 0.3) is 0 Å². The van der Waals surface area contributed by atoms with Gasteiger partial charge in [0, 0.05) is 11.8 Å². The molecule has 0 heterocycles. The van der Waals surface area contributed by atoms with Crippen molar-refractivity contribution in [3.63, 3.8) is 0 Å². The summed E-state index contributed by atoms with van der Waals surface area (Å²) in [6.07, 6.45) is 34.7. The molecule has 0 rings (SSSR count). The maximum atomic E-state index is 11.6. The Balaban J connectivity index is 3.81. The molecular formula is C37H72O4. The third-order valence-electron chi connectivity index (χ3n) is 9.06. The second-order valence-corrected chi connectivity index (χ2v) is 13.1. The molecule has 244 valence electrons. The minimum atomic E-state index is -1.07. The van der Waals surface area contributed by atoms with Crippen LogP contribution in [-0.4, -0.2) is 35.0 Å². The van der Waals surface area contributed by atoms with E-state index in [4.69, 9.17) is 0 Å². The lowest BCUT2D eigenvalue weighted by Gasteiger charge is -2.25. The highest BCUT2D eigenvalue weighted by Crippen LogP contribution is 2.22. The van der Waals surface area contributed by atoms with E-state index in [9.17, 15) is 19.8 Å². The molecule has 0 saturated heterocycles. The Morgan fingerprint density at radius 1 is 0.439 bits per heavy atom. The summed E-state index contributed by atoms with van der Waals surface area (Å²) in [4.78, 5) is 23.2. The number of aliphatic hydroxyl groups excluding tert-OH is 2. The first-order valence-electron chi connectivity index (χ1n) is 18.4. The number of aldehydes is 2. The second kappa shape index (κ2) is 32.2. The molecule has 0 aromatic rings. The lowest BCUT2D eigenvalue weighted by molar-refractivity contribution is -0.119. The van der Waals surface area contributed by atoms with E-state index in [1.54, 1.807) is 0 Å². The number of carbonyl (C=O) groups is 2. The van der Waals surface area contributed by atoms with E-state index in [-0.39, 0.29) is 12.3 Å². The van der Waals surface area contributed by atoms with Gasteiger partial charge in [-0.1, -0.05) is 181 Å². The van der Waals surface area contributed by atoms with Crippen LogP contribution in [-0.2, 0) is 9.59 Å². The van der Waals surface area contributed by atoms with Gasteiger partial charge in [0.2, 0.25) is 0 Å². The zero-order chi connectivity index (χ0) is 30.2. The molecule has 0 fully saturated rings. The standard InChI is InChI=1S/C37H72O4/c1-3-5-7-9-11-13-15-17-19-21-23-25-27-29-34(32-38)31-36(40)37(41)35(33-39)30-28-26-24-22-20-18-16-14-12-10-8-6-4-2/h32-37,40-41H,3-31H2,1-2H3. The zero-order valence-corrected chi connectivity index (χ0v) is 27.7. The lowest BCUT2D eigenvalue weighted by atomic mass is 9.87. The molecule has 0 spiro atoms. The van der Waals surface area contributed by atoms with Crippen molar-refractivity contribution in [3.8, 4) is 0 Å². The van der Waals surface area contributed by atoms with Crippen molar-refractivity contribution >= 4 is 12.6 Å². The summed E-state index contributed by atoms with van der Waals surface area (Å²) in [6.45, 7) is 4.52. The fraction of sp³-hybridized carbons (Fsp3) is 0.946. The molecule has 0 aromatic heterocycles. The quantitative estimate of drug-likeness (QED) is 0.0586. The van der Waals surface area contributed by atoms with Gasteiger partial charge >= 0.3 is 0 Å². The van der Waals surface area contributed by atoms with Gasteiger partial charge in [0.25, 0.3) is 0 Å². The van der Waals surface area contributed by atoms with Crippen LogP contribution in [0.4, 0.5) is 0 Å². The van der Waals surface area contributed by atoms with Gasteiger partial charge in [0.05, 0.1) is 12.2 Å². The molecule has 0 bridgehead atoms. The summed E-state index contributed by atoms with van der Waals surface area (Å²) >= 11 is 0. The molecule has 4 unspecified atom stereocenters. The van der Waals surface area contributed by atoms with Gasteiger partial charge in [-0.3, -0.25) is 0 Å². The monoisotopic (exact) mass is 581 g/mol.